The second-order valence-corrected chi connectivity index (χ2v) is 12.0. The number of anilines is 1. The molecule has 0 radical (unpaired) electrons. The normalized spacial score (nSPS) is 18.0. The van der Waals surface area contributed by atoms with Gasteiger partial charge in [-0.1, -0.05) is 44.2 Å². The van der Waals surface area contributed by atoms with Crippen molar-refractivity contribution in [2.24, 2.45) is 5.16 Å². The molecule has 1 fully saturated rings. The molecule has 2 aliphatic heterocycles. The van der Waals surface area contributed by atoms with Gasteiger partial charge >= 0.3 is 11.9 Å². The molecule has 16 heteroatoms. The molecule has 2 aliphatic rings. The summed E-state index contributed by atoms with van der Waals surface area (Å²) in [4.78, 5) is 61.0. The number of amides is 2. The number of thioether (sulfide) groups is 1. The first-order valence-electron chi connectivity index (χ1n) is 14.4. The SMILES string of the molecule is CCCCCCCCOC(=O)c1cc[n+](CC2=C(C(=O)O)N3C(=O)C(NC(=O)/C(=N\OCC)c4nsc(N)n4)[C@H]3SC2)cc1. The topological polar surface area (TPSA) is 190 Å². The highest BCUT2D eigenvalue weighted by Gasteiger charge is 2.55. The average Bonchev–Trinajstić information content (AvgIpc) is 3.45. The van der Waals surface area contributed by atoms with Gasteiger partial charge in [-0.25, -0.2) is 14.2 Å². The van der Waals surface area contributed by atoms with Crippen molar-refractivity contribution in [2.45, 2.75) is 70.3 Å². The van der Waals surface area contributed by atoms with E-state index in [-0.39, 0.29) is 35.5 Å². The zero-order valence-corrected chi connectivity index (χ0v) is 26.2. The van der Waals surface area contributed by atoms with Gasteiger partial charge in [0.05, 0.1) is 12.2 Å². The summed E-state index contributed by atoms with van der Waals surface area (Å²) in [6.07, 6.45) is 9.92. The van der Waals surface area contributed by atoms with E-state index in [9.17, 15) is 24.3 Å². The molecule has 2 amide bonds. The standard InChI is InChI=1S/C28H35N7O7S2/c1-3-5-6-7-8-9-14-41-27(40)17-10-12-34(13-11-17)15-18-16-43-25-20(24(37)35(25)21(18)26(38)39)30-23(36)19(32-42-4-2)22-31-28(29)44-33-22/h10-13,20,25H,3-9,14-16H2,1-2H3,(H3-,29,30,31,33,36,38,39)/p+1/b32-19-/t20?,25-/m1/s1. The lowest BCUT2D eigenvalue weighted by Crippen LogP contribution is -2.71. The molecule has 236 valence electrons. The Morgan fingerprint density at radius 2 is 1.91 bits per heavy atom. The highest BCUT2D eigenvalue weighted by Crippen LogP contribution is 2.40. The Kier molecular flexibility index (Phi) is 11.7. The van der Waals surface area contributed by atoms with Gasteiger partial charge in [0.1, 0.15) is 23.7 Å². The molecule has 14 nitrogen and oxygen atoms in total. The van der Waals surface area contributed by atoms with Crippen LogP contribution in [0.4, 0.5) is 5.13 Å². The molecule has 0 spiro atoms. The van der Waals surface area contributed by atoms with Gasteiger partial charge in [0, 0.05) is 35.0 Å². The van der Waals surface area contributed by atoms with Crippen LogP contribution in [-0.2, 0) is 30.5 Å². The number of β-lactam (4-membered cyclic amide) rings is 1. The van der Waals surface area contributed by atoms with Crippen LogP contribution in [0.1, 0.15) is 68.6 Å². The number of nitrogen functional groups attached to an aromatic ring is 1. The van der Waals surface area contributed by atoms with Crippen LogP contribution >= 0.6 is 23.3 Å². The quantitative estimate of drug-likeness (QED) is 0.0605. The van der Waals surface area contributed by atoms with Gasteiger partial charge in [-0.3, -0.25) is 14.5 Å². The number of carbonyl (C=O) groups excluding carboxylic acids is 3. The van der Waals surface area contributed by atoms with Crippen LogP contribution in [0.15, 0.2) is 41.0 Å². The van der Waals surface area contributed by atoms with Crippen molar-refractivity contribution >= 4 is 57.9 Å². The molecule has 4 rings (SSSR count). The molecule has 0 aromatic carbocycles. The number of esters is 1. The predicted octanol–water partition coefficient (Wildman–Crippen LogP) is 2.10. The largest absolute Gasteiger partial charge is 0.477 e. The number of carboxylic acids is 1. The number of fused-ring (bicyclic) bond motifs is 1. The van der Waals surface area contributed by atoms with Crippen LogP contribution in [-0.4, -0.2) is 79.2 Å². The fourth-order valence-corrected chi connectivity index (χ4v) is 6.48. The van der Waals surface area contributed by atoms with Crippen LogP contribution < -0.4 is 15.6 Å². The number of hydrogen-bond donors (Lipinski definition) is 3. The summed E-state index contributed by atoms with van der Waals surface area (Å²) in [7, 11) is 0. The van der Waals surface area contributed by atoms with E-state index < -0.39 is 35.2 Å². The van der Waals surface area contributed by atoms with E-state index in [1.165, 1.54) is 35.9 Å². The molecule has 2 aromatic rings. The van der Waals surface area contributed by atoms with Crippen molar-refractivity contribution in [1.29, 1.82) is 0 Å². The van der Waals surface area contributed by atoms with Crippen molar-refractivity contribution in [2.75, 3.05) is 24.7 Å². The first kappa shape index (κ1) is 32.9. The third-order valence-corrected chi connectivity index (χ3v) is 8.80. The van der Waals surface area contributed by atoms with Crippen molar-refractivity contribution in [1.82, 2.24) is 19.6 Å². The molecule has 0 aliphatic carbocycles. The number of aromatic nitrogens is 3. The monoisotopic (exact) mass is 646 g/mol. The van der Waals surface area contributed by atoms with E-state index in [1.807, 2.05) is 0 Å². The minimum atomic E-state index is -1.25. The summed E-state index contributed by atoms with van der Waals surface area (Å²) >= 11 is 2.21. The lowest BCUT2D eigenvalue weighted by Gasteiger charge is -2.49. The fourth-order valence-electron chi connectivity index (χ4n) is 4.71. The second-order valence-electron chi connectivity index (χ2n) is 10.1. The number of carbonyl (C=O) groups is 4. The summed E-state index contributed by atoms with van der Waals surface area (Å²) in [6.45, 7) is 4.60. The highest BCUT2D eigenvalue weighted by molar-refractivity contribution is 8.00. The summed E-state index contributed by atoms with van der Waals surface area (Å²) in [5.41, 5.74) is 6.18. The molecule has 44 heavy (non-hydrogen) atoms. The van der Waals surface area contributed by atoms with E-state index in [0.717, 1.165) is 30.8 Å². The Labute approximate surface area is 262 Å². The number of ether oxygens (including phenoxy) is 1. The van der Waals surface area contributed by atoms with Gasteiger partial charge in [-0.2, -0.15) is 9.36 Å². The Balaban J connectivity index is 1.37. The summed E-state index contributed by atoms with van der Waals surface area (Å²) in [6, 6.07) is 2.26. The first-order chi connectivity index (χ1) is 21.2. The smallest absolute Gasteiger partial charge is 0.352 e. The number of pyridine rings is 1. The fraction of sp³-hybridized carbons (Fsp3) is 0.500. The van der Waals surface area contributed by atoms with E-state index in [2.05, 4.69) is 26.8 Å². The third kappa shape index (κ3) is 7.91. The molecular weight excluding hydrogens is 610 g/mol. The third-order valence-electron chi connectivity index (χ3n) is 6.92. The molecule has 1 unspecified atom stereocenters. The van der Waals surface area contributed by atoms with Gasteiger partial charge in [-0.05, 0) is 13.3 Å². The zero-order chi connectivity index (χ0) is 31.6. The van der Waals surface area contributed by atoms with Crippen molar-refractivity contribution in [3.8, 4) is 0 Å². The molecule has 2 atom stereocenters. The van der Waals surface area contributed by atoms with E-state index in [4.69, 9.17) is 15.3 Å². The Bertz CT molecular complexity index is 1430. The van der Waals surface area contributed by atoms with Crippen LogP contribution in [0.2, 0.25) is 0 Å². The number of rotatable bonds is 16. The Morgan fingerprint density at radius 1 is 1.18 bits per heavy atom. The number of aliphatic carboxylic acids is 1. The number of carboxylic acid groups (broad SMARTS) is 1. The molecule has 4 N–H and O–H groups in total. The van der Waals surface area contributed by atoms with Gasteiger partial charge in [0.25, 0.3) is 11.8 Å². The van der Waals surface area contributed by atoms with Crippen molar-refractivity contribution in [3.05, 3.63) is 47.2 Å². The van der Waals surface area contributed by atoms with E-state index in [1.54, 1.807) is 36.0 Å². The summed E-state index contributed by atoms with van der Waals surface area (Å²) in [5, 5.41) is 15.9. The minimum Gasteiger partial charge on any atom is -0.477 e. The lowest BCUT2D eigenvalue weighted by molar-refractivity contribution is -0.689. The number of hydrogen-bond acceptors (Lipinski definition) is 12. The highest BCUT2D eigenvalue weighted by atomic mass is 32.2. The molecule has 1 saturated heterocycles. The number of oxime groups is 1. The number of unbranched alkanes of at least 4 members (excludes halogenated alkanes) is 5. The first-order valence-corrected chi connectivity index (χ1v) is 16.2. The van der Waals surface area contributed by atoms with E-state index >= 15 is 0 Å². The van der Waals surface area contributed by atoms with Crippen LogP contribution in [0.3, 0.4) is 0 Å². The number of nitrogens with two attached hydrogens (primary N) is 1. The maximum atomic E-state index is 13.1. The summed E-state index contributed by atoms with van der Waals surface area (Å²) in [5.74, 6) is -2.71. The van der Waals surface area contributed by atoms with Crippen molar-refractivity contribution < 1.29 is 38.4 Å². The molecule has 2 aromatic heterocycles. The predicted molar refractivity (Wildman–Crippen MR) is 162 cm³/mol. The Morgan fingerprint density at radius 3 is 2.57 bits per heavy atom. The summed E-state index contributed by atoms with van der Waals surface area (Å²) < 4.78 is 11.1. The number of nitrogens with zero attached hydrogens (tertiary/aromatic N) is 5. The van der Waals surface area contributed by atoms with Gasteiger partial charge in [0.2, 0.25) is 11.5 Å². The average molecular weight is 647 g/mol. The molecule has 0 bridgehead atoms. The van der Waals surface area contributed by atoms with Crippen LogP contribution in [0, 0.1) is 0 Å². The molecule has 0 saturated carbocycles. The van der Waals surface area contributed by atoms with Gasteiger partial charge < -0.3 is 25.7 Å². The maximum Gasteiger partial charge on any atom is 0.352 e. The zero-order valence-electron chi connectivity index (χ0n) is 24.6. The Hall–Kier alpha value is -4.05. The van der Waals surface area contributed by atoms with E-state index in [0.29, 0.717) is 23.5 Å². The number of nitrogens with one attached hydrogen (secondary N) is 1. The maximum absolute atomic E-state index is 13.1. The lowest BCUT2D eigenvalue weighted by atomic mass is 10.0. The molecular formula is C28H36N7O7S2+. The minimum absolute atomic E-state index is 0.0408. The van der Waals surface area contributed by atoms with Gasteiger partial charge in [-0.15, -0.1) is 11.8 Å². The van der Waals surface area contributed by atoms with Crippen molar-refractivity contribution in [3.63, 3.8) is 0 Å². The van der Waals surface area contributed by atoms with Crippen LogP contribution in [0.5, 0.6) is 0 Å². The van der Waals surface area contributed by atoms with Gasteiger partial charge in [0.15, 0.2) is 24.1 Å². The molecule has 4 heterocycles. The second kappa shape index (κ2) is 15.6. The van der Waals surface area contributed by atoms with Crippen LogP contribution in [0.25, 0.3) is 0 Å².